The van der Waals surface area contributed by atoms with Crippen molar-refractivity contribution in [3.05, 3.63) is 57.5 Å². The quantitative estimate of drug-likeness (QED) is 0.676. The molecule has 0 spiro atoms. The molecule has 1 aromatic carbocycles. The lowest BCUT2D eigenvalue weighted by Crippen LogP contribution is -2.16. The molecular weight excluding hydrogens is 310 g/mol. The van der Waals surface area contributed by atoms with Crippen molar-refractivity contribution < 1.29 is 4.74 Å². The first-order valence-corrected chi connectivity index (χ1v) is 8.30. The van der Waals surface area contributed by atoms with Crippen LogP contribution in [0.3, 0.4) is 0 Å². The Hall–Kier alpha value is -2.47. The van der Waals surface area contributed by atoms with Crippen LogP contribution in [0.2, 0.25) is 0 Å². The molecule has 0 saturated heterocycles. The summed E-state index contributed by atoms with van der Waals surface area (Å²) in [5, 5.41) is 4.84. The Labute approximate surface area is 137 Å². The average Bonchev–Trinajstić information content (AvgIpc) is 3.00. The number of thiophene rings is 1. The van der Waals surface area contributed by atoms with E-state index in [1.54, 1.807) is 17.6 Å². The number of hydrogen-bond donors (Lipinski definition) is 0. The topological polar surface area (TPSA) is 56.5 Å². The van der Waals surface area contributed by atoms with Crippen LogP contribution in [0.25, 0.3) is 10.2 Å². The zero-order valence-corrected chi connectivity index (χ0v) is 13.8. The molecule has 0 aliphatic heterocycles. The molecule has 5 nitrogen and oxygen atoms in total. The van der Waals surface area contributed by atoms with E-state index in [-0.39, 0.29) is 5.56 Å². The van der Waals surface area contributed by atoms with Gasteiger partial charge in [-0.1, -0.05) is 6.92 Å². The maximum Gasteiger partial charge on any atom is 0.282 e. The highest BCUT2D eigenvalue weighted by molar-refractivity contribution is 7.18. The fourth-order valence-electron chi connectivity index (χ4n) is 2.17. The molecule has 0 atom stereocenters. The van der Waals surface area contributed by atoms with Gasteiger partial charge in [0.05, 0.1) is 18.2 Å². The summed E-state index contributed by atoms with van der Waals surface area (Å²) in [6.45, 7) is 4.64. The average molecular weight is 327 g/mol. The van der Waals surface area contributed by atoms with Gasteiger partial charge in [-0.05, 0) is 49.2 Å². The first kappa shape index (κ1) is 15.4. The molecule has 0 fully saturated rings. The summed E-state index contributed by atoms with van der Waals surface area (Å²) in [6, 6.07) is 9.44. The Balaban J connectivity index is 1.88. The Morgan fingerprint density at radius 3 is 2.78 bits per heavy atom. The smallest absolute Gasteiger partial charge is 0.282 e. The molecule has 0 bridgehead atoms. The molecule has 2 heterocycles. The first-order valence-electron chi connectivity index (χ1n) is 7.48. The molecule has 0 aliphatic rings. The number of hydrogen-bond acceptors (Lipinski definition) is 5. The monoisotopic (exact) mass is 327 g/mol. The number of rotatable bonds is 5. The van der Waals surface area contributed by atoms with E-state index in [2.05, 4.69) is 17.0 Å². The molecule has 0 N–H and O–H groups in total. The molecular formula is C17H17N3O2S. The van der Waals surface area contributed by atoms with Crippen LogP contribution in [-0.2, 0) is 6.42 Å². The van der Waals surface area contributed by atoms with Crippen molar-refractivity contribution in [1.29, 1.82) is 0 Å². The van der Waals surface area contributed by atoms with Crippen molar-refractivity contribution in [1.82, 2.24) is 9.66 Å². The summed E-state index contributed by atoms with van der Waals surface area (Å²) >= 11 is 1.55. The van der Waals surface area contributed by atoms with Gasteiger partial charge < -0.3 is 4.74 Å². The fourth-order valence-corrected chi connectivity index (χ4v) is 3.09. The molecule has 0 amide bonds. The van der Waals surface area contributed by atoms with Gasteiger partial charge >= 0.3 is 0 Å². The van der Waals surface area contributed by atoms with Gasteiger partial charge in [0.2, 0.25) is 0 Å². The highest BCUT2D eigenvalue weighted by Crippen LogP contribution is 2.20. The molecule has 23 heavy (non-hydrogen) atoms. The van der Waals surface area contributed by atoms with E-state index in [4.69, 9.17) is 4.74 Å². The van der Waals surface area contributed by atoms with Crippen molar-refractivity contribution in [2.45, 2.75) is 20.3 Å². The molecule has 0 unspecified atom stereocenters. The summed E-state index contributed by atoms with van der Waals surface area (Å²) in [5.74, 6) is 0.815. The van der Waals surface area contributed by atoms with Crippen LogP contribution in [0.5, 0.6) is 5.75 Å². The minimum Gasteiger partial charge on any atom is -0.494 e. The Bertz CT molecular complexity index is 894. The van der Waals surface area contributed by atoms with Crippen LogP contribution >= 0.6 is 11.3 Å². The summed E-state index contributed by atoms with van der Waals surface area (Å²) < 4.78 is 6.66. The van der Waals surface area contributed by atoms with Crippen molar-refractivity contribution in [2.75, 3.05) is 6.61 Å². The molecule has 3 rings (SSSR count). The van der Waals surface area contributed by atoms with E-state index in [0.717, 1.165) is 27.4 Å². The van der Waals surface area contributed by atoms with E-state index in [0.29, 0.717) is 12.0 Å². The van der Waals surface area contributed by atoms with Gasteiger partial charge in [0.25, 0.3) is 5.56 Å². The summed E-state index contributed by atoms with van der Waals surface area (Å²) in [5.41, 5.74) is 0.744. The van der Waals surface area contributed by atoms with Crippen molar-refractivity contribution in [3.63, 3.8) is 0 Å². The van der Waals surface area contributed by atoms with Gasteiger partial charge in [-0.2, -0.15) is 9.78 Å². The SMILES string of the molecule is CCOc1ccc(/C=N\n2cnc3sc(CC)cc3c2=O)cc1. The lowest BCUT2D eigenvalue weighted by atomic mass is 10.2. The minimum atomic E-state index is -0.145. The third-order valence-corrected chi connectivity index (χ3v) is 4.54. The lowest BCUT2D eigenvalue weighted by Gasteiger charge is -2.02. The third-order valence-electron chi connectivity index (χ3n) is 3.36. The molecule has 2 aromatic heterocycles. The van der Waals surface area contributed by atoms with Gasteiger partial charge in [0.15, 0.2) is 0 Å². The van der Waals surface area contributed by atoms with Crippen LogP contribution in [-0.4, -0.2) is 22.5 Å². The number of nitrogens with zero attached hydrogens (tertiary/aromatic N) is 3. The largest absolute Gasteiger partial charge is 0.494 e. The minimum absolute atomic E-state index is 0.145. The number of fused-ring (bicyclic) bond motifs is 1. The van der Waals surface area contributed by atoms with Gasteiger partial charge in [0, 0.05) is 4.88 Å². The third kappa shape index (κ3) is 3.32. The van der Waals surface area contributed by atoms with Gasteiger partial charge in [0.1, 0.15) is 16.9 Å². The van der Waals surface area contributed by atoms with Gasteiger partial charge in [-0.25, -0.2) is 4.98 Å². The number of aromatic nitrogens is 2. The number of aryl methyl sites for hydroxylation is 1. The van der Waals surface area contributed by atoms with E-state index in [1.165, 1.54) is 11.0 Å². The second kappa shape index (κ2) is 6.75. The van der Waals surface area contributed by atoms with Crippen molar-refractivity contribution in [3.8, 4) is 5.75 Å². The van der Waals surface area contributed by atoms with Gasteiger partial charge in [-0.3, -0.25) is 4.79 Å². The van der Waals surface area contributed by atoms with E-state index >= 15 is 0 Å². The predicted molar refractivity (Wildman–Crippen MR) is 93.9 cm³/mol. The second-order valence-corrected chi connectivity index (χ2v) is 6.04. The van der Waals surface area contributed by atoms with Crippen LogP contribution < -0.4 is 10.3 Å². The normalized spacial score (nSPS) is 11.4. The first-order chi connectivity index (χ1) is 11.2. The number of benzene rings is 1. The zero-order valence-electron chi connectivity index (χ0n) is 13.0. The van der Waals surface area contributed by atoms with E-state index in [9.17, 15) is 4.79 Å². The lowest BCUT2D eigenvalue weighted by molar-refractivity contribution is 0.340. The molecule has 3 aromatic rings. The molecule has 0 aliphatic carbocycles. The van der Waals surface area contributed by atoms with Crippen LogP contribution in [0.15, 0.2) is 46.6 Å². The van der Waals surface area contributed by atoms with Crippen LogP contribution in [0, 0.1) is 0 Å². The highest BCUT2D eigenvalue weighted by Gasteiger charge is 2.07. The molecule has 0 saturated carbocycles. The second-order valence-electron chi connectivity index (χ2n) is 4.93. The van der Waals surface area contributed by atoms with E-state index < -0.39 is 0 Å². The summed E-state index contributed by atoms with van der Waals surface area (Å²) in [6.07, 6.45) is 4.00. The molecule has 6 heteroatoms. The zero-order chi connectivity index (χ0) is 16.2. The Kier molecular flexibility index (Phi) is 4.52. The predicted octanol–water partition coefficient (Wildman–Crippen LogP) is 3.30. The maximum atomic E-state index is 12.4. The standard InChI is InChI=1S/C17H17N3O2S/c1-3-14-9-15-16(23-14)18-11-20(17(15)21)19-10-12-5-7-13(8-6-12)22-4-2/h5-11H,3-4H2,1-2H3/b19-10-. The van der Waals surface area contributed by atoms with Crippen molar-refractivity contribution in [2.24, 2.45) is 5.10 Å². The van der Waals surface area contributed by atoms with E-state index in [1.807, 2.05) is 37.3 Å². The van der Waals surface area contributed by atoms with Crippen molar-refractivity contribution >= 4 is 27.8 Å². The maximum absolute atomic E-state index is 12.4. The summed E-state index contributed by atoms with van der Waals surface area (Å²) in [4.78, 5) is 18.6. The fraction of sp³-hybridized carbons (Fsp3) is 0.235. The van der Waals surface area contributed by atoms with Crippen LogP contribution in [0.1, 0.15) is 24.3 Å². The Morgan fingerprint density at radius 2 is 2.09 bits per heavy atom. The number of ether oxygens (including phenoxy) is 1. The summed E-state index contributed by atoms with van der Waals surface area (Å²) in [7, 11) is 0. The molecule has 0 radical (unpaired) electrons. The van der Waals surface area contributed by atoms with Gasteiger partial charge in [-0.15, -0.1) is 11.3 Å². The highest BCUT2D eigenvalue weighted by atomic mass is 32.1. The van der Waals surface area contributed by atoms with Crippen LogP contribution in [0.4, 0.5) is 0 Å². The molecule has 118 valence electrons. The Morgan fingerprint density at radius 1 is 1.30 bits per heavy atom.